The first kappa shape index (κ1) is 7.60. The van der Waals surface area contributed by atoms with Crippen molar-refractivity contribution in [2.24, 2.45) is 5.73 Å². The highest BCUT2D eigenvalue weighted by Crippen LogP contribution is 2.22. The predicted molar refractivity (Wildman–Crippen MR) is 44.8 cm³/mol. The van der Waals surface area contributed by atoms with Crippen LogP contribution in [0.1, 0.15) is 10.6 Å². The Morgan fingerprint density at radius 3 is 3.08 bits per heavy atom. The predicted octanol–water partition coefficient (Wildman–Crippen LogP) is 0.769. The number of nitrogens with one attached hydrogen (secondary N) is 1. The summed E-state index contributed by atoms with van der Waals surface area (Å²) in [5, 5.41) is 6.40. The maximum absolute atomic E-state index is 10.9. The second kappa shape index (κ2) is 2.78. The van der Waals surface area contributed by atoms with Crippen LogP contribution < -0.4 is 5.73 Å². The van der Waals surface area contributed by atoms with Gasteiger partial charge < -0.3 is 10.2 Å². The molecular weight excluding hydrogens is 170 g/mol. The molecule has 0 aromatic carbocycles. The third-order valence-corrected chi connectivity index (χ3v) is 1.70. The molecule has 2 heterocycles. The Morgan fingerprint density at radius 1 is 1.62 bits per heavy atom. The number of amides is 1. The molecule has 0 aliphatic heterocycles. The molecule has 0 aliphatic rings. The maximum atomic E-state index is 10.9. The second-order valence-corrected chi connectivity index (χ2v) is 2.51. The molecule has 3 N–H and O–H groups in total. The summed E-state index contributed by atoms with van der Waals surface area (Å²) in [6, 6.07) is 1.67. The van der Waals surface area contributed by atoms with Gasteiger partial charge in [-0.1, -0.05) is 0 Å². The quantitative estimate of drug-likeness (QED) is 0.710. The molecule has 1 amide bonds. The third kappa shape index (κ3) is 1.20. The number of nitrogens with two attached hydrogens (primary N) is 1. The van der Waals surface area contributed by atoms with E-state index in [0.29, 0.717) is 5.56 Å². The largest absolute Gasteiger partial charge is 0.459 e. The molecule has 0 atom stereocenters. The molecule has 66 valence electrons. The van der Waals surface area contributed by atoms with E-state index < -0.39 is 5.91 Å². The topological polar surface area (TPSA) is 84.9 Å². The van der Waals surface area contributed by atoms with E-state index in [9.17, 15) is 4.79 Å². The number of nitrogens with zero attached hydrogens (tertiary/aromatic N) is 1. The van der Waals surface area contributed by atoms with Crippen molar-refractivity contribution < 1.29 is 9.21 Å². The minimum Gasteiger partial charge on any atom is -0.459 e. The van der Waals surface area contributed by atoms with Crippen molar-refractivity contribution in [2.75, 3.05) is 0 Å². The fourth-order valence-electron chi connectivity index (χ4n) is 1.13. The molecule has 5 nitrogen and oxygen atoms in total. The van der Waals surface area contributed by atoms with Gasteiger partial charge in [-0.25, -0.2) is 0 Å². The number of primary amides is 1. The number of H-pyrrole nitrogens is 1. The third-order valence-electron chi connectivity index (χ3n) is 1.70. The van der Waals surface area contributed by atoms with Gasteiger partial charge in [0, 0.05) is 17.3 Å². The maximum Gasteiger partial charge on any atom is 0.285 e. The van der Waals surface area contributed by atoms with Gasteiger partial charge in [-0.15, -0.1) is 0 Å². The Hall–Kier alpha value is -2.04. The number of rotatable bonds is 2. The molecule has 0 spiro atoms. The molecule has 13 heavy (non-hydrogen) atoms. The average molecular weight is 177 g/mol. The smallest absolute Gasteiger partial charge is 0.285 e. The van der Waals surface area contributed by atoms with E-state index in [-0.39, 0.29) is 5.76 Å². The summed E-state index contributed by atoms with van der Waals surface area (Å²) in [6.45, 7) is 0. The fraction of sp³-hybridized carbons (Fsp3) is 0. The molecule has 0 unspecified atom stereocenters. The molecule has 2 rings (SSSR count). The van der Waals surface area contributed by atoms with E-state index in [4.69, 9.17) is 10.2 Å². The van der Waals surface area contributed by atoms with Gasteiger partial charge in [0.15, 0.2) is 5.76 Å². The number of furan rings is 1. The normalized spacial score (nSPS) is 10.2. The first-order valence-electron chi connectivity index (χ1n) is 3.65. The Balaban J connectivity index is 2.52. The lowest BCUT2D eigenvalue weighted by Gasteiger charge is -1.93. The van der Waals surface area contributed by atoms with Crippen molar-refractivity contribution in [3.63, 3.8) is 0 Å². The molecule has 0 saturated carbocycles. The lowest BCUT2D eigenvalue weighted by atomic mass is 10.1. The van der Waals surface area contributed by atoms with Crippen LogP contribution in [0.3, 0.4) is 0 Å². The Kier molecular flexibility index (Phi) is 1.63. The Labute approximate surface area is 73.5 Å². The Bertz CT molecular complexity index is 416. The van der Waals surface area contributed by atoms with Crippen LogP contribution in [-0.4, -0.2) is 16.1 Å². The van der Waals surface area contributed by atoms with E-state index in [1.54, 1.807) is 18.5 Å². The SMILES string of the molecule is NC(=O)c1occc1-c1cn[nH]c1. The minimum atomic E-state index is -0.582. The lowest BCUT2D eigenvalue weighted by Crippen LogP contribution is -2.10. The van der Waals surface area contributed by atoms with Crippen LogP contribution in [0.4, 0.5) is 0 Å². The number of aromatic nitrogens is 2. The van der Waals surface area contributed by atoms with E-state index in [1.807, 2.05) is 0 Å². The van der Waals surface area contributed by atoms with Crippen LogP contribution in [0.15, 0.2) is 29.1 Å². The van der Waals surface area contributed by atoms with Gasteiger partial charge in [-0.05, 0) is 6.07 Å². The average Bonchev–Trinajstić information content (AvgIpc) is 2.74. The van der Waals surface area contributed by atoms with Gasteiger partial charge in [0.1, 0.15) is 0 Å². The number of hydrogen-bond acceptors (Lipinski definition) is 3. The van der Waals surface area contributed by atoms with Crippen LogP contribution in [0, 0.1) is 0 Å². The molecule has 0 bridgehead atoms. The summed E-state index contributed by atoms with van der Waals surface area (Å²) >= 11 is 0. The summed E-state index contributed by atoms with van der Waals surface area (Å²) in [4.78, 5) is 10.9. The van der Waals surface area contributed by atoms with Crippen molar-refractivity contribution in [2.45, 2.75) is 0 Å². The highest BCUT2D eigenvalue weighted by Gasteiger charge is 2.13. The van der Waals surface area contributed by atoms with Crippen LogP contribution in [-0.2, 0) is 0 Å². The van der Waals surface area contributed by atoms with E-state index in [0.717, 1.165) is 5.56 Å². The monoisotopic (exact) mass is 177 g/mol. The van der Waals surface area contributed by atoms with Crippen LogP contribution in [0.2, 0.25) is 0 Å². The van der Waals surface area contributed by atoms with Gasteiger partial charge in [0.2, 0.25) is 0 Å². The van der Waals surface area contributed by atoms with Crippen molar-refractivity contribution >= 4 is 5.91 Å². The van der Waals surface area contributed by atoms with E-state index in [2.05, 4.69) is 10.2 Å². The molecule has 0 saturated heterocycles. The van der Waals surface area contributed by atoms with Crippen molar-refractivity contribution in [3.05, 3.63) is 30.5 Å². The number of carbonyl (C=O) groups excluding carboxylic acids is 1. The number of carbonyl (C=O) groups is 1. The van der Waals surface area contributed by atoms with Gasteiger partial charge in [-0.3, -0.25) is 9.89 Å². The second-order valence-electron chi connectivity index (χ2n) is 2.51. The van der Waals surface area contributed by atoms with Gasteiger partial charge in [-0.2, -0.15) is 5.10 Å². The standard InChI is InChI=1S/C8H7N3O2/c9-8(12)7-6(1-2-13-7)5-3-10-11-4-5/h1-4H,(H2,9,12)(H,10,11). The van der Waals surface area contributed by atoms with E-state index in [1.165, 1.54) is 6.26 Å². The Morgan fingerprint density at radius 2 is 2.46 bits per heavy atom. The van der Waals surface area contributed by atoms with Crippen LogP contribution in [0.25, 0.3) is 11.1 Å². The molecule has 5 heteroatoms. The number of aromatic amines is 1. The molecule has 2 aromatic heterocycles. The van der Waals surface area contributed by atoms with Crippen molar-refractivity contribution in [3.8, 4) is 11.1 Å². The molecule has 0 fully saturated rings. The van der Waals surface area contributed by atoms with Gasteiger partial charge in [0.05, 0.1) is 12.5 Å². The summed E-state index contributed by atoms with van der Waals surface area (Å²) in [6.07, 6.45) is 4.68. The van der Waals surface area contributed by atoms with Gasteiger partial charge in [0.25, 0.3) is 5.91 Å². The zero-order valence-corrected chi connectivity index (χ0v) is 6.65. The van der Waals surface area contributed by atoms with E-state index >= 15 is 0 Å². The first-order chi connectivity index (χ1) is 6.29. The fourth-order valence-corrected chi connectivity index (χ4v) is 1.13. The van der Waals surface area contributed by atoms with Crippen molar-refractivity contribution in [1.82, 2.24) is 10.2 Å². The zero-order chi connectivity index (χ0) is 9.26. The highest BCUT2D eigenvalue weighted by molar-refractivity contribution is 5.96. The number of hydrogen-bond donors (Lipinski definition) is 2. The zero-order valence-electron chi connectivity index (χ0n) is 6.65. The molecular formula is C8H7N3O2. The summed E-state index contributed by atoms with van der Waals surface area (Å²) in [5.41, 5.74) is 6.54. The lowest BCUT2D eigenvalue weighted by molar-refractivity contribution is 0.0975. The van der Waals surface area contributed by atoms with Crippen LogP contribution in [0.5, 0.6) is 0 Å². The minimum absolute atomic E-state index is 0.154. The van der Waals surface area contributed by atoms with Crippen LogP contribution >= 0.6 is 0 Å². The van der Waals surface area contributed by atoms with Gasteiger partial charge >= 0.3 is 0 Å². The molecule has 2 aromatic rings. The molecule has 0 aliphatic carbocycles. The molecule has 0 radical (unpaired) electrons. The van der Waals surface area contributed by atoms with Crippen molar-refractivity contribution in [1.29, 1.82) is 0 Å². The summed E-state index contributed by atoms with van der Waals surface area (Å²) in [7, 11) is 0. The summed E-state index contributed by atoms with van der Waals surface area (Å²) in [5.74, 6) is -0.428. The summed E-state index contributed by atoms with van der Waals surface area (Å²) < 4.78 is 4.93. The first-order valence-corrected chi connectivity index (χ1v) is 3.65. The highest BCUT2D eigenvalue weighted by atomic mass is 16.3.